The van der Waals surface area contributed by atoms with Crippen LogP contribution in [-0.2, 0) is 4.79 Å². The van der Waals surface area contributed by atoms with Gasteiger partial charge in [-0.1, -0.05) is 30.2 Å². The molecule has 0 spiro atoms. The molecule has 0 heterocycles. The van der Waals surface area contributed by atoms with Crippen LogP contribution in [0.4, 0.5) is 0 Å². The molecule has 1 amide bonds. The molecule has 1 fully saturated rings. The molecule has 1 aliphatic rings. The fourth-order valence-corrected chi connectivity index (χ4v) is 2.68. The summed E-state index contributed by atoms with van der Waals surface area (Å²) in [6.45, 7) is 0. The molecule has 2 N–H and O–H groups in total. The van der Waals surface area contributed by atoms with Gasteiger partial charge in [0.2, 0.25) is 0 Å². The van der Waals surface area contributed by atoms with Crippen molar-refractivity contribution in [3.8, 4) is 0 Å². The first-order chi connectivity index (χ1) is 9.08. The van der Waals surface area contributed by atoms with Crippen molar-refractivity contribution in [2.24, 2.45) is 5.92 Å². The molecule has 1 saturated carbocycles. The highest BCUT2D eigenvalue weighted by Crippen LogP contribution is 2.25. The molecule has 2 atom stereocenters. The van der Waals surface area contributed by atoms with Gasteiger partial charge in [-0.2, -0.15) is 0 Å². The third-order valence-corrected chi connectivity index (χ3v) is 3.81. The van der Waals surface area contributed by atoms with Crippen LogP contribution in [0.25, 0.3) is 0 Å². The van der Waals surface area contributed by atoms with Crippen molar-refractivity contribution in [3.63, 3.8) is 0 Å². The van der Waals surface area contributed by atoms with Crippen molar-refractivity contribution in [2.75, 3.05) is 0 Å². The number of aliphatic carboxylic acids is 1. The second-order valence-electron chi connectivity index (χ2n) is 4.85. The third kappa shape index (κ3) is 3.47. The molecule has 2 rings (SSSR count). The van der Waals surface area contributed by atoms with Gasteiger partial charge in [0.05, 0.1) is 16.5 Å². The lowest BCUT2D eigenvalue weighted by Gasteiger charge is -2.27. The summed E-state index contributed by atoms with van der Waals surface area (Å²) in [5, 5.41) is 12.3. The summed E-state index contributed by atoms with van der Waals surface area (Å²) < 4.78 is 0. The SMILES string of the molecule is O=C(NC1CCCC(C(=O)O)C1)c1ccccc1Cl. The summed E-state index contributed by atoms with van der Waals surface area (Å²) in [5.41, 5.74) is 0.432. The summed E-state index contributed by atoms with van der Waals surface area (Å²) in [6, 6.07) is 6.76. The minimum absolute atomic E-state index is 0.0846. The van der Waals surface area contributed by atoms with E-state index in [-0.39, 0.29) is 17.9 Å². The Labute approximate surface area is 116 Å². The molecule has 1 aliphatic carbocycles. The Morgan fingerprint density at radius 2 is 2.00 bits per heavy atom. The van der Waals surface area contributed by atoms with Crippen LogP contribution in [0.3, 0.4) is 0 Å². The molecular weight excluding hydrogens is 266 g/mol. The van der Waals surface area contributed by atoms with E-state index < -0.39 is 5.97 Å². The molecule has 102 valence electrons. The van der Waals surface area contributed by atoms with Crippen LogP contribution in [0.2, 0.25) is 5.02 Å². The number of carboxylic acid groups (broad SMARTS) is 1. The molecular formula is C14H16ClNO3. The molecule has 2 unspecified atom stereocenters. The molecule has 0 aliphatic heterocycles. The van der Waals surface area contributed by atoms with Gasteiger partial charge in [0.15, 0.2) is 0 Å². The van der Waals surface area contributed by atoms with Gasteiger partial charge in [-0.15, -0.1) is 0 Å². The lowest BCUT2D eigenvalue weighted by molar-refractivity contribution is -0.143. The van der Waals surface area contributed by atoms with Gasteiger partial charge in [0, 0.05) is 6.04 Å². The van der Waals surface area contributed by atoms with E-state index in [9.17, 15) is 9.59 Å². The van der Waals surface area contributed by atoms with Crippen molar-refractivity contribution >= 4 is 23.5 Å². The smallest absolute Gasteiger partial charge is 0.306 e. The van der Waals surface area contributed by atoms with Gasteiger partial charge in [0.25, 0.3) is 5.91 Å². The van der Waals surface area contributed by atoms with Gasteiger partial charge in [-0.3, -0.25) is 9.59 Å². The number of carbonyl (C=O) groups excluding carboxylic acids is 1. The predicted octanol–water partition coefficient (Wildman–Crippen LogP) is 2.71. The second kappa shape index (κ2) is 6.06. The van der Waals surface area contributed by atoms with Crippen LogP contribution in [0.1, 0.15) is 36.0 Å². The highest BCUT2D eigenvalue weighted by molar-refractivity contribution is 6.33. The Morgan fingerprint density at radius 3 is 2.68 bits per heavy atom. The van der Waals surface area contributed by atoms with Crippen LogP contribution >= 0.6 is 11.6 Å². The number of carboxylic acids is 1. The summed E-state index contributed by atoms with van der Waals surface area (Å²) >= 11 is 5.96. The Morgan fingerprint density at radius 1 is 1.26 bits per heavy atom. The minimum Gasteiger partial charge on any atom is -0.481 e. The zero-order valence-corrected chi connectivity index (χ0v) is 11.2. The van der Waals surface area contributed by atoms with Crippen molar-refractivity contribution in [3.05, 3.63) is 34.9 Å². The number of hydrogen-bond donors (Lipinski definition) is 2. The maximum absolute atomic E-state index is 12.1. The van der Waals surface area contributed by atoms with Gasteiger partial charge in [0.1, 0.15) is 0 Å². The number of nitrogens with one attached hydrogen (secondary N) is 1. The first kappa shape index (κ1) is 13.9. The number of amides is 1. The van der Waals surface area contributed by atoms with E-state index in [0.717, 1.165) is 12.8 Å². The zero-order valence-electron chi connectivity index (χ0n) is 10.4. The number of rotatable bonds is 3. The minimum atomic E-state index is -0.781. The van der Waals surface area contributed by atoms with Gasteiger partial charge < -0.3 is 10.4 Å². The van der Waals surface area contributed by atoms with E-state index in [1.54, 1.807) is 24.3 Å². The molecule has 0 saturated heterocycles. The lowest BCUT2D eigenvalue weighted by atomic mass is 9.85. The van der Waals surface area contributed by atoms with E-state index in [1.165, 1.54) is 0 Å². The molecule has 1 aromatic carbocycles. The molecule has 5 heteroatoms. The van der Waals surface area contributed by atoms with E-state index in [4.69, 9.17) is 16.7 Å². The fraction of sp³-hybridized carbons (Fsp3) is 0.429. The maximum Gasteiger partial charge on any atom is 0.306 e. The standard InChI is InChI=1S/C14H16ClNO3/c15-12-7-2-1-6-11(12)13(17)16-10-5-3-4-9(8-10)14(18)19/h1-2,6-7,9-10H,3-5,8H2,(H,16,17)(H,18,19). The van der Waals surface area contributed by atoms with E-state index in [0.29, 0.717) is 23.4 Å². The van der Waals surface area contributed by atoms with Crippen molar-refractivity contribution < 1.29 is 14.7 Å². The van der Waals surface area contributed by atoms with Gasteiger partial charge in [-0.25, -0.2) is 0 Å². The molecule has 4 nitrogen and oxygen atoms in total. The van der Waals surface area contributed by atoms with E-state index in [1.807, 2.05) is 0 Å². The summed E-state index contributed by atoms with van der Waals surface area (Å²) in [4.78, 5) is 23.0. The zero-order chi connectivity index (χ0) is 13.8. The number of hydrogen-bond acceptors (Lipinski definition) is 2. The fourth-order valence-electron chi connectivity index (χ4n) is 2.45. The first-order valence-electron chi connectivity index (χ1n) is 6.36. The average Bonchev–Trinajstić information content (AvgIpc) is 2.39. The Hall–Kier alpha value is -1.55. The average molecular weight is 282 g/mol. The quantitative estimate of drug-likeness (QED) is 0.895. The molecule has 1 aromatic rings. The number of halogens is 1. The van der Waals surface area contributed by atoms with E-state index >= 15 is 0 Å². The summed E-state index contributed by atoms with van der Waals surface area (Å²) in [5.74, 6) is -1.37. The number of benzene rings is 1. The van der Waals surface area contributed by atoms with E-state index in [2.05, 4.69) is 5.32 Å². The maximum atomic E-state index is 12.1. The second-order valence-corrected chi connectivity index (χ2v) is 5.26. The Bertz CT molecular complexity index is 489. The highest BCUT2D eigenvalue weighted by Gasteiger charge is 2.28. The molecule has 0 bridgehead atoms. The van der Waals surface area contributed by atoms with Crippen LogP contribution in [-0.4, -0.2) is 23.0 Å². The van der Waals surface area contributed by atoms with Gasteiger partial charge >= 0.3 is 5.97 Å². The normalized spacial score (nSPS) is 22.8. The topological polar surface area (TPSA) is 66.4 Å². The Kier molecular flexibility index (Phi) is 4.43. The highest BCUT2D eigenvalue weighted by atomic mass is 35.5. The van der Waals surface area contributed by atoms with Crippen LogP contribution in [0.5, 0.6) is 0 Å². The summed E-state index contributed by atoms with van der Waals surface area (Å²) in [6.07, 6.45) is 2.82. The van der Waals surface area contributed by atoms with Crippen LogP contribution in [0.15, 0.2) is 24.3 Å². The number of carbonyl (C=O) groups is 2. The Balaban J connectivity index is 1.99. The molecule has 19 heavy (non-hydrogen) atoms. The monoisotopic (exact) mass is 281 g/mol. The van der Waals surface area contributed by atoms with Crippen molar-refractivity contribution in [2.45, 2.75) is 31.7 Å². The largest absolute Gasteiger partial charge is 0.481 e. The van der Waals surface area contributed by atoms with Crippen molar-refractivity contribution in [1.82, 2.24) is 5.32 Å². The van der Waals surface area contributed by atoms with Crippen molar-refractivity contribution in [1.29, 1.82) is 0 Å². The lowest BCUT2D eigenvalue weighted by Crippen LogP contribution is -2.40. The van der Waals surface area contributed by atoms with Gasteiger partial charge in [-0.05, 0) is 31.4 Å². The van der Waals surface area contributed by atoms with Crippen LogP contribution < -0.4 is 5.32 Å². The molecule has 0 radical (unpaired) electrons. The summed E-state index contributed by atoms with van der Waals surface area (Å²) in [7, 11) is 0. The third-order valence-electron chi connectivity index (χ3n) is 3.48. The molecule has 0 aromatic heterocycles. The van der Waals surface area contributed by atoms with Crippen LogP contribution in [0, 0.1) is 5.92 Å². The first-order valence-corrected chi connectivity index (χ1v) is 6.74. The predicted molar refractivity (Wildman–Crippen MR) is 72.3 cm³/mol.